The second kappa shape index (κ2) is 9.35. The van der Waals surface area contributed by atoms with E-state index in [0.717, 1.165) is 0 Å². The predicted octanol–water partition coefficient (Wildman–Crippen LogP) is 1.03. The van der Waals surface area contributed by atoms with Crippen LogP contribution < -0.4 is 15.4 Å². The summed E-state index contributed by atoms with van der Waals surface area (Å²) in [6.45, 7) is 2.71. The van der Waals surface area contributed by atoms with Gasteiger partial charge in [-0.15, -0.1) is 12.4 Å². The fourth-order valence-electron chi connectivity index (χ4n) is 1.33. The number of rotatable bonds is 7. The molecule has 0 heterocycles. The summed E-state index contributed by atoms with van der Waals surface area (Å²) in [6.07, 6.45) is 0. The summed E-state index contributed by atoms with van der Waals surface area (Å²) < 4.78 is 5.30. The van der Waals surface area contributed by atoms with Gasteiger partial charge in [-0.3, -0.25) is 9.59 Å². The molecule has 1 aromatic carbocycles. The highest BCUT2D eigenvalue weighted by Crippen LogP contribution is 2.13. The summed E-state index contributed by atoms with van der Waals surface area (Å²) >= 11 is 0. The van der Waals surface area contributed by atoms with Gasteiger partial charge in [0.25, 0.3) is 5.91 Å². The van der Waals surface area contributed by atoms with E-state index in [1.807, 2.05) is 7.05 Å². The molecule has 0 unspecified atom stereocenters. The van der Waals surface area contributed by atoms with Gasteiger partial charge < -0.3 is 15.4 Å². The minimum Gasteiger partial charge on any atom is -0.484 e. The number of amides is 1. The molecule has 5 nitrogen and oxygen atoms in total. The van der Waals surface area contributed by atoms with Crippen molar-refractivity contribution in [3.63, 3.8) is 0 Å². The van der Waals surface area contributed by atoms with Crippen LogP contribution in [0.2, 0.25) is 0 Å². The number of likely N-dealkylation sites (N-methyl/N-ethyl adjacent to an activating group) is 1. The average molecular weight is 287 g/mol. The van der Waals surface area contributed by atoms with Gasteiger partial charge in [0.1, 0.15) is 5.75 Å². The maximum absolute atomic E-state index is 11.4. The molecule has 0 aromatic heterocycles. The molecule has 0 atom stereocenters. The SMILES string of the molecule is CNCCNC(=O)COc1cccc(C(C)=O)c1.Cl. The second-order valence-electron chi connectivity index (χ2n) is 3.83. The fourth-order valence-corrected chi connectivity index (χ4v) is 1.33. The van der Waals surface area contributed by atoms with Crippen molar-refractivity contribution < 1.29 is 14.3 Å². The number of hydrogen-bond acceptors (Lipinski definition) is 4. The highest BCUT2D eigenvalue weighted by Gasteiger charge is 2.04. The first-order valence-corrected chi connectivity index (χ1v) is 5.78. The van der Waals surface area contributed by atoms with Gasteiger partial charge in [-0.25, -0.2) is 0 Å². The van der Waals surface area contributed by atoms with Crippen molar-refractivity contribution >= 4 is 24.1 Å². The third kappa shape index (κ3) is 6.79. The summed E-state index contributed by atoms with van der Waals surface area (Å²) in [5.74, 6) is 0.309. The molecular weight excluding hydrogens is 268 g/mol. The third-order valence-corrected chi connectivity index (χ3v) is 2.31. The lowest BCUT2D eigenvalue weighted by Gasteiger charge is -2.07. The minimum absolute atomic E-state index is 0. The summed E-state index contributed by atoms with van der Waals surface area (Å²) in [6, 6.07) is 6.78. The number of hydrogen-bond donors (Lipinski definition) is 2. The number of Topliss-reactive ketones (excluding diaryl/α,β-unsaturated/α-hetero) is 1. The van der Waals surface area contributed by atoms with Gasteiger partial charge in [-0.05, 0) is 26.1 Å². The van der Waals surface area contributed by atoms with E-state index in [1.54, 1.807) is 24.3 Å². The van der Waals surface area contributed by atoms with Crippen molar-refractivity contribution in [3.05, 3.63) is 29.8 Å². The summed E-state index contributed by atoms with van der Waals surface area (Å²) in [7, 11) is 1.82. The number of halogens is 1. The Morgan fingerprint density at radius 3 is 2.63 bits per heavy atom. The monoisotopic (exact) mass is 286 g/mol. The van der Waals surface area contributed by atoms with Crippen molar-refractivity contribution in [3.8, 4) is 5.75 Å². The van der Waals surface area contributed by atoms with E-state index in [4.69, 9.17) is 4.74 Å². The standard InChI is InChI=1S/C13H18N2O3.ClH/c1-10(16)11-4-3-5-12(8-11)18-9-13(17)15-7-6-14-2;/h3-5,8,14H,6-7,9H2,1-2H3,(H,15,17);1H. The zero-order chi connectivity index (χ0) is 13.4. The summed E-state index contributed by atoms with van der Waals surface area (Å²) in [4.78, 5) is 22.5. The minimum atomic E-state index is -0.182. The van der Waals surface area contributed by atoms with Crippen LogP contribution in [0.5, 0.6) is 5.75 Å². The number of carbonyl (C=O) groups excluding carboxylic acids is 2. The van der Waals surface area contributed by atoms with Gasteiger partial charge in [0.05, 0.1) is 0 Å². The second-order valence-corrected chi connectivity index (χ2v) is 3.83. The van der Waals surface area contributed by atoms with Crippen LogP contribution in [0, 0.1) is 0 Å². The van der Waals surface area contributed by atoms with Crippen molar-refractivity contribution in [1.29, 1.82) is 0 Å². The Morgan fingerprint density at radius 1 is 1.26 bits per heavy atom. The molecule has 106 valence electrons. The van der Waals surface area contributed by atoms with Gasteiger partial charge >= 0.3 is 0 Å². The topological polar surface area (TPSA) is 67.4 Å². The molecule has 6 heteroatoms. The number of benzene rings is 1. The van der Waals surface area contributed by atoms with E-state index in [1.165, 1.54) is 6.92 Å². The van der Waals surface area contributed by atoms with Crippen molar-refractivity contribution in [2.45, 2.75) is 6.92 Å². The van der Waals surface area contributed by atoms with Crippen LogP contribution in [0.25, 0.3) is 0 Å². The molecule has 1 rings (SSSR count). The lowest BCUT2D eigenvalue weighted by molar-refractivity contribution is -0.123. The molecule has 0 saturated heterocycles. The maximum atomic E-state index is 11.4. The molecule has 0 bridgehead atoms. The van der Waals surface area contributed by atoms with E-state index in [9.17, 15) is 9.59 Å². The van der Waals surface area contributed by atoms with Gasteiger partial charge in [-0.1, -0.05) is 12.1 Å². The highest BCUT2D eigenvalue weighted by atomic mass is 35.5. The van der Waals surface area contributed by atoms with Crippen molar-refractivity contribution in [2.24, 2.45) is 0 Å². The zero-order valence-corrected chi connectivity index (χ0v) is 11.9. The Balaban J connectivity index is 0.00000324. The normalized spacial score (nSPS) is 9.37. The largest absolute Gasteiger partial charge is 0.484 e. The van der Waals surface area contributed by atoms with Gasteiger partial charge in [0.15, 0.2) is 12.4 Å². The Bertz CT molecular complexity index is 424. The molecular formula is C13H19ClN2O3. The van der Waals surface area contributed by atoms with E-state index < -0.39 is 0 Å². The lowest BCUT2D eigenvalue weighted by Crippen LogP contribution is -2.33. The number of ether oxygens (including phenoxy) is 1. The smallest absolute Gasteiger partial charge is 0.257 e. The molecule has 2 N–H and O–H groups in total. The Labute approximate surface area is 119 Å². The van der Waals surface area contributed by atoms with Crippen LogP contribution in [-0.2, 0) is 4.79 Å². The van der Waals surface area contributed by atoms with Crippen LogP contribution in [0.4, 0.5) is 0 Å². The van der Waals surface area contributed by atoms with Crippen LogP contribution in [0.15, 0.2) is 24.3 Å². The van der Waals surface area contributed by atoms with Crippen molar-refractivity contribution in [1.82, 2.24) is 10.6 Å². The molecule has 1 aromatic rings. The first-order valence-electron chi connectivity index (χ1n) is 5.78. The molecule has 0 spiro atoms. The van der Waals surface area contributed by atoms with Gasteiger partial charge in [0.2, 0.25) is 0 Å². The molecule has 0 fully saturated rings. The van der Waals surface area contributed by atoms with E-state index in [-0.39, 0.29) is 30.7 Å². The first-order chi connectivity index (χ1) is 8.63. The first kappa shape index (κ1) is 17.4. The van der Waals surface area contributed by atoms with Crippen molar-refractivity contribution in [2.75, 3.05) is 26.7 Å². The molecule has 0 aliphatic heterocycles. The number of carbonyl (C=O) groups is 2. The fraction of sp³-hybridized carbons (Fsp3) is 0.385. The van der Waals surface area contributed by atoms with Crippen LogP contribution >= 0.6 is 12.4 Å². The molecule has 0 saturated carbocycles. The van der Waals surface area contributed by atoms with E-state index >= 15 is 0 Å². The van der Waals surface area contributed by atoms with Gasteiger partial charge in [-0.2, -0.15) is 0 Å². The third-order valence-electron chi connectivity index (χ3n) is 2.31. The average Bonchev–Trinajstić information content (AvgIpc) is 2.37. The van der Waals surface area contributed by atoms with Crippen LogP contribution in [-0.4, -0.2) is 38.4 Å². The Kier molecular flexibility index (Phi) is 8.57. The number of ketones is 1. The predicted molar refractivity (Wildman–Crippen MR) is 76.1 cm³/mol. The Hall–Kier alpha value is -1.59. The summed E-state index contributed by atoms with van der Waals surface area (Å²) in [5.41, 5.74) is 0.572. The van der Waals surface area contributed by atoms with E-state index in [2.05, 4.69) is 10.6 Å². The van der Waals surface area contributed by atoms with Crippen LogP contribution in [0.1, 0.15) is 17.3 Å². The molecule has 1 amide bonds. The number of nitrogens with one attached hydrogen (secondary N) is 2. The van der Waals surface area contributed by atoms with Gasteiger partial charge in [0, 0.05) is 18.7 Å². The quantitative estimate of drug-likeness (QED) is 0.580. The molecule has 0 radical (unpaired) electrons. The highest BCUT2D eigenvalue weighted by molar-refractivity contribution is 5.94. The van der Waals surface area contributed by atoms with E-state index in [0.29, 0.717) is 24.4 Å². The Morgan fingerprint density at radius 2 is 2.00 bits per heavy atom. The summed E-state index contributed by atoms with van der Waals surface area (Å²) in [5, 5.41) is 5.62. The molecule has 0 aliphatic carbocycles. The molecule has 19 heavy (non-hydrogen) atoms. The molecule has 0 aliphatic rings. The lowest BCUT2D eigenvalue weighted by atomic mass is 10.1. The van der Waals surface area contributed by atoms with Crippen LogP contribution in [0.3, 0.4) is 0 Å². The zero-order valence-electron chi connectivity index (χ0n) is 11.1. The maximum Gasteiger partial charge on any atom is 0.257 e.